The van der Waals surface area contributed by atoms with Crippen LogP contribution in [0.25, 0.3) is 0 Å². The van der Waals surface area contributed by atoms with Crippen LogP contribution < -0.4 is 5.32 Å². The van der Waals surface area contributed by atoms with Gasteiger partial charge in [-0.05, 0) is 20.3 Å². The molecule has 1 nitrogen and oxygen atoms in total. The van der Waals surface area contributed by atoms with E-state index in [2.05, 4.69) is 32.2 Å². The van der Waals surface area contributed by atoms with Crippen LogP contribution in [0, 0.1) is 0 Å². The molecule has 0 fully saturated rings. The van der Waals surface area contributed by atoms with Gasteiger partial charge >= 0.3 is 0 Å². The lowest BCUT2D eigenvalue weighted by atomic mass is 10.3. The summed E-state index contributed by atoms with van der Waals surface area (Å²) in [6.07, 6.45) is 3.31. The highest BCUT2D eigenvalue weighted by molar-refractivity contribution is 4.93. The molecule has 0 aliphatic heterocycles. The molecule has 0 aliphatic carbocycles. The number of hydrogen-bond acceptors (Lipinski definition) is 1. The van der Waals surface area contributed by atoms with Gasteiger partial charge in [0.2, 0.25) is 0 Å². The average Bonchev–Trinajstić information content (AvgIpc) is 1.68. The second kappa shape index (κ2) is 4.69. The van der Waals surface area contributed by atoms with E-state index in [0.29, 0.717) is 0 Å². The number of nitrogens with one attached hydrogen (secondary N) is 1. The lowest BCUT2D eigenvalue weighted by molar-refractivity contribution is 0.845. The van der Waals surface area contributed by atoms with Crippen molar-refractivity contribution in [2.75, 3.05) is 6.54 Å². The molecule has 0 saturated carbocycles. The highest BCUT2D eigenvalue weighted by atomic mass is 14.8. The Balaban J connectivity index is 0. The van der Waals surface area contributed by atoms with Crippen LogP contribution in [0.2, 0.25) is 0 Å². The van der Waals surface area contributed by atoms with Gasteiger partial charge in [0.25, 0.3) is 0 Å². The zero-order valence-electron chi connectivity index (χ0n) is 5.99. The normalized spacial score (nSPS) is 11.6. The molecule has 0 saturated heterocycles. The van der Waals surface area contributed by atoms with Gasteiger partial charge in [-0.25, -0.2) is 0 Å². The van der Waals surface area contributed by atoms with Crippen LogP contribution in [0.1, 0.15) is 28.6 Å². The highest BCUT2D eigenvalue weighted by Crippen LogP contribution is 1.87. The summed E-state index contributed by atoms with van der Waals surface area (Å²) in [7, 11) is 0. The summed E-state index contributed by atoms with van der Waals surface area (Å²) in [5, 5.41) is 3.21. The lowest BCUT2D eigenvalue weighted by Crippen LogP contribution is -2.08. The fourth-order valence-electron chi connectivity index (χ4n) is 0.657. The molecule has 0 aromatic carbocycles. The van der Waals surface area contributed by atoms with Crippen LogP contribution in [0.3, 0.4) is 0 Å². The first kappa shape index (κ1) is 7.54. The minimum absolute atomic E-state index is 0. The van der Waals surface area contributed by atoms with E-state index in [0.717, 1.165) is 13.0 Å². The fraction of sp³-hybridized carbons (Fsp3) is 0.714. The molecule has 0 aromatic heterocycles. The van der Waals surface area contributed by atoms with Gasteiger partial charge in [0, 0.05) is 13.7 Å². The first-order valence-electron chi connectivity index (χ1n) is 3.21. The van der Waals surface area contributed by atoms with E-state index in [4.69, 9.17) is 0 Å². The number of hydrogen-bond donors (Lipinski definition) is 1. The molecule has 0 aliphatic rings. The minimum Gasteiger partial charge on any atom is -0.389 e. The van der Waals surface area contributed by atoms with Gasteiger partial charge in [0.1, 0.15) is 0 Å². The van der Waals surface area contributed by atoms with Gasteiger partial charge in [-0.3, -0.25) is 0 Å². The number of rotatable bonds is 3. The van der Waals surface area contributed by atoms with Gasteiger partial charge in [-0.1, -0.05) is 13.0 Å². The molecule has 1 heteroatoms. The second-order valence-electron chi connectivity index (χ2n) is 1.83. The Morgan fingerprint density at radius 2 is 2.25 bits per heavy atom. The van der Waals surface area contributed by atoms with Crippen LogP contribution >= 0.6 is 0 Å². The predicted octanol–water partition coefficient (Wildman–Crippen LogP) is 2.16. The summed E-state index contributed by atoms with van der Waals surface area (Å²) in [4.78, 5) is 0. The maximum atomic E-state index is 3.21. The largest absolute Gasteiger partial charge is 0.389 e. The molecule has 50 valence electrons. The quantitative estimate of drug-likeness (QED) is 0.594. The topological polar surface area (TPSA) is 12.0 Å². The van der Waals surface area contributed by atoms with Crippen LogP contribution in [0.4, 0.5) is 0 Å². The van der Waals surface area contributed by atoms with Crippen molar-refractivity contribution < 1.29 is 1.43 Å². The van der Waals surface area contributed by atoms with Crippen molar-refractivity contribution in [1.82, 2.24) is 5.32 Å². The first-order valence-corrected chi connectivity index (χ1v) is 3.21. The van der Waals surface area contributed by atoms with Crippen LogP contribution in [0.5, 0.6) is 0 Å². The number of allylic oxidation sites excluding steroid dienone is 2. The average molecular weight is 115 g/mol. The lowest BCUT2D eigenvalue weighted by Gasteiger charge is -1.99. The fourth-order valence-corrected chi connectivity index (χ4v) is 0.657. The Morgan fingerprint density at radius 3 is 2.62 bits per heavy atom. The molecule has 1 N–H and O–H groups in total. The SMILES string of the molecule is CC/C=C(/C)NCC.[HH]. The van der Waals surface area contributed by atoms with Crippen molar-refractivity contribution in [3.8, 4) is 0 Å². The van der Waals surface area contributed by atoms with E-state index in [-0.39, 0.29) is 1.43 Å². The molecule has 8 heavy (non-hydrogen) atoms. The van der Waals surface area contributed by atoms with Crippen molar-refractivity contribution in [2.45, 2.75) is 27.2 Å². The summed E-state index contributed by atoms with van der Waals surface area (Å²) in [5.74, 6) is 0. The Kier molecular flexibility index (Phi) is 4.42. The Hall–Kier alpha value is -0.460. The molecular formula is C7H17N. The van der Waals surface area contributed by atoms with Crippen molar-refractivity contribution in [2.24, 2.45) is 0 Å². The van der Waals surface area contributed by atoms with Crippen molar-refractivity contribution >= 4 is 0 Å². The zero-order chi connectivity index (χ0) is 6.41. The van der Waals surface area contributed by atoms with Crippen LogP contribution in [-0.2, 0) is 0 Å². The molecule has 0 amide bonds. The van der Waals surface area contributed by atoms with E-state index >= 15 is 0 Å². The molecule has 0 unspecified atom stereocenters. The third-order valence-electron chi connectivity index (χ3n) is 0.966. The van der Waals surface area contributed by atoms with Gasteiger partial charge in [-0.15, -0.1) is 0 Å². The Bertz CT molecular complexity index is 79.0. The maximum absolute atomic E-state index is 3.21. The first-order chi connectivity index (χ1) is 3.81. The Labute approximate surface area is 53.3 Å². The van der Waals surface area contributed by atoms with E-state index in [1.54, 1.807) is 0 Å². The van der Waals surface area contributed by atoms with E-state index in [1.165, 1.54) is 5.70 Å². The predicted molar refractivity (Wildman–Crippen MR) is 39.8 cm³/mol. The van der Waals surface area contributed by atoms with Crippen LogP contribution in [0.15, 0.2) is 11.8 Å². The third kappa shape index (κ3) is 3.72. The van der Waals surface area contributed by atoms with Crippen molar-refractivity contribution in [3.05, 3.63) is 11.8 Å². The third-order valence-corrected chi connectivity index (χ3v) is 0.966. The summed E-state index contributed by atoms with van der Waals surface area (Å²) < 4.78 is 0. The van der Waals surface area contributed by atoms with E-state index in [1.807, 2.05) is 0 Å². The summed E-state index contributed by atoms with van der Waals surface area (Å²) in [6, 6.07) is 0. The molecule has 0 rings (SSSR count). The zero-order valence-corrected chi connectivity index (χ0v) is 5.99. The van der Waals surface area contributed by atoms with Gasteiger partial charge in [0.15, 0.2) is 0 Å². The van der Waals surface area contributed by atoms with Crippen LogP contribution in [-0.4, -0.2) is 6.54 Å². The Morgan fingerprint density at radius 1 is 1.62 bits per heavy atom. The molecule has 0 heterocycles. The second-order valence-corrected chi connectivity index (χ2v) is 1.83. The summed E-state index contributed by atoms with van der Waals surface area (Å²) in [5.41, 5.74) is 1.29. The minimum atomic E-state index is 0. The molecule has 0 bridgehead atoms. The smallest absolute Gasteiger partial charge is 0.0115 e. The van der Waals surface area contributed by atoms with Gasteiger partial charge < -0.3 is 5.32 Å². The maximum Gasteiger partial charge on any atom is 0.0115 e. The van der Waals surface area contributed by atoms with E-state index in [9.17, 15) is 0 Å². The van der Waals surface area contributed by atoms with Crippen molar-refractivity contribution in [1.29, 1.82) is 0 Å². The monoisotopic (exact) mass is 115 g/mol. The summed E-state index contributed by atoms with van der Waals surface area (Å²) >= 11 is 0. The van der Waals surface area contributed by atoms with Crippen molar-refractivity contribution in [3.63, 3.8) is 0 Å². The standard InChI is InChI=1S/C7H15N.H2/c1-4-6-7(3)8-5-2;/h6,8H,4-5H2,1-3H3;1H/b7-6-;. The molecule has 0 radical (unpaired) electrons. The molecule has 0 atom stereocenters. The van der Waals surface area contributed by atoms with Gasteiger partial charge in [-0.2, -0.15) is 0 Å². The molecular weight excluding hydrogens is 98.1 g/mol. The summed E-state index contributed by atoms with van der Waals surface area (Å²) in [6.45, 7) is 7.36. The molecule has 0 aromatic rings. The van der Waals surface area contributed by atoms with E-state index < -0.39 is 0 Å². The molecule has 0 spiro atoms. The highest BCUT2D eigenvalue weighted by Gasteiger charge is 1.78. The van der Waals surface area contributed by atoms with Gasteiger partial charge in [0.05, 0.1) is 0 Å².